The maximum absolute atomic E-state index is 12.6. The van der Waals surface area contributed by atoms with E-state index < -0.39 is 0 Å². The summed E-state index contributed by atoms with van der Waals surface area (Å²) in [7, 11) is 0. The summed E-state index contributed by atoms with van der Waals surface area (Å²) in [6.45, 7) is 7.17. The van der Waals surface area contributed by atoms with Crippen LogP contribution in [0.15, 0.2) is 24.4 Å². The van der Waals surface area contributed by atoms with Crippen molar-refractivity contribution in [1.29, 1.82) is 0 Å². The lowest BCUT2D eigenvalue weighted by molar-refractivity contribution is -0.00485. The van der Waals surface area contributed by atoms with Gasteiger partial charge in [-0.3, -0.25) is 0 Å². The molecule has 7 heteroatoms. The van der Waals surface area contributed by atoms with E-state index in [1.807, 2.05) is 25.5 Å². The number of ether oxygens (including phenoxy) is 1. The van der Waals surface area contributed by atoms with Crippen molar-refractivity contribution in [2.45, 2.75) is 26.8 Å². The highest BCUT2D eigenvalue weighted by molar-refractivity contribution is 5.90. The molecule has 0 saturated carbocycles. The number of aromatic nitrogens is 2. The van der Waals surface area contributed by atoms with Crippen LogP contribution in [0.2, 0.25) is 0 Å². The van der Waals surface area contributed by atoms with Gasteiger partial charge in [-0.15, -0.1) is 0 Å². The molecule has 25 heavy (non-hydrogen) atoms. The van der Waals surface area contributed by atoms with E-state index in [1.165, 1.54) is 0 Å². The molecule has 1 aromatic carbocycles. The molecule has 2 N–H and O–H groups in total. The Kier molecular flexibility index (Phi) is 5.06. The molecule has 7 nitrogen and oxygen atoms in total. The fourth-order valence-electron chi connectivity index (χ4n) is 2.98. The number of morpholine rings is 1. The maximum atomic E-state index is 12.6. The van der Waals surface area contributed by atoms with Gasteiger partial charge in [0.05, 0.1) is 49.1 Å². The molecule has 1 aromatic heterocycles. The molecule has 0 unspecified atom stereocenters. The van der Waals surface area contributed by atoms with E-state index in [1.54, 1.807) is 11.1 Å². The summed E-state index contributed by atoms with van der Waals surface area (Å²) in [5.74, 6) is 0. The number of hydrogen-bond donors (Lipinski definition) is 2. The Balaban J connectivity index is 1.81. The largest absolute Gasteiger partial charge is 0.394 e. The number of carbonyl (C=O) groups is 1. The molecule has 0 aliphatic carbocycles. The number of aryl methyl sites for hydroxylation is 2. The summed E-state index contributed by atoms with van der Waals surface area (Å²) >= 11 is 0. The monoisotopic (exact) mass is 344 g/mol. The molecule has 2 amide bonds. The third-order valence-corrected chi connectivity index (χ3v) is 4.54. The Morgan fingerprint density at radius 1 is 1.40 bits per heavy atom. The standard InChI is InChI=1S/C18H24N4O3/c1-12-4-5-13(2)17(8-12)22-14(3)16(9-19-22)20-18(24)21-6-7-25-11-15(21)10-23/h4-5,8-9,15,23H,6-7,10-11H2,1-3H3,(H,20,24)/t15-/m0/s1. The lowest BCUT2D eigenvalue weighted by Gasteiger charge is -2.34. The Bertz CT molecular complexity index is 772. The van der Waals surface area contributed by atoms with E-state index in [0.29, 0.717) is 25.4 Å². The molecule has 1 aliphatic heterocycles. The topological polar surface area (TPSA) is 79.6 Å². The molecule has 2 heterocycles. The van der Waals surface area contributed by atoms with Gasteiger partial charge in [0.2, 0.25) is 0 Å². The van der Waals surface area contributed by atoms with Crippen LogP contribution in [0.3, 0.4) is 0 Å². The molecule has 1 saturated heterocycles. The number of amides is 2. The molecular weight excluding hydrogens is 320 g/mol. The number of rotatable bonds is 3. The predicted molar refractivity (Wildman–Crippen MR) is 95.2 cm³/mol. The first-order chi connectivity index (χ1) is 12.0. The first kappa shape index (κ1) is 17.4. The Morgan fingerprint density at radius 2 is 2.20 bits per heavy atom. The molecule has 0 spiro atoms. The van der Waals surface area contributed by atoms with Crippen LogP contribution in [0, 0.1) is 20.8 Å². The summed E-state index contributed by atoms with van der Waals surface area (Å²) in [5.41, 5.74) is 4.78. The van der Waals surface area contributed by atoms with E-state index in [0.717, 1.165) is 22.5 Å². The summed E-state index contributed by atoms with van der Waals surface area (Å²) < 4.78 is 7.15. The van der Waals surface area contributed by atoms with Gasteiger partial charge in [0.1, 0.15) is 0 Å². The van der Waals surface area contributed by atoms with E-state index in [4.69, 9.17) is 4.74 Å². The van der Waals surface area contributed by atoms with Gasteiger partial charge < -0.3 is 20.1 Å². The highest BCUT2D eigenvalue weighted by Crippen LogP contribution is 2.22. The van der Waals surface area contributed by atoms with Crippen LogP contribution in [-0.4, -0.2) is 58.2 Å². The lowest BCUT2D eigenvalue weighted by Crippen LogP contribution is -2.52. The zero-order valence-corrected chi connectivity index (χ0v) is 14.8. The molecular formula is C18H24N4O3. The summed E-state index contributed by atoms with van der Waals surface area (Å²) in [6, 6.07) is 5.64. The van der Waals surface area contributed by atoms with Gasteiger partial charge in [0.15, 0.2) is 0 Å². The molecule has 134 valence electrons. The minimum Gasteiger partial charge on any atom is -0.394 e. The van der Waals surface area contributed by atoms with Crippen LogP contribution >= 0.6 is 0 Å². The summed E-state index contributed by atoms with van der Waals surface area (Å²) in [4.78, 5) is 14.2. The highest BCUT2D eigenvalue weighted by Gasteiger charge is 2.27. The number of benzene rings is 1. The van der Waals surface area contributed by atoms with Crippen molar-refractivity contribution in [2.24, 2.45) is 0 Å². The predicted octanol–water partition coefficient (Wildman–Crippen LogP) is 2.02. The average Bonchev–Trinajstić information content (AvgIpc) is 2.97. The van der Waals surface area contributed by atoms with Gasteiger partial charge >= 0.3 is 6.03 Å². The van der Waals surface area contributed by atoms with Crippen LogP contribution < -0.4 is 5.32 Å². The second-order valence-electron chi connectivity index (χ2n) is 6.38. The number of aliphatic hydroxyl groups is 1. The molecule has 1 atom stereocenters. The van der Waals surface area contributed by atoms with Crippen molar-refractivity contribution in [2.75, 3.05) is 31.7 Å². The van der Waals surface area contributed by atoms with Crippen LogP contribution in [0.1, 0.15) is 16.8 Å². The molecule has 3 rings (SSSR count). The number of aliphatic hydroxyl groups excluding tert-OH is 1. The number of nitrogens with zero attached hydrogens (tertiary/aromatic N) is 3. The van der Waals surface area contributed by atoms with Gasteiger partial charge in [-0.05, 0) is 38.0 Å². The van der Waals surface area contributed by atoms with Crippen LogP contribution in [-0.2, 0) is 4.74 Å². The average molecular weight is 344 g/mol. The third kappa shape index (κ3) is 3.52. The second kappa shape index (κ2) is 7.25. The first-order valence-electron chi connectivity index (χ1n) is 8.39. The first-order valence-corrected chi connectivity index (χ1v) is 8.39. The van der Waals surface area contributed by atoms with Gasteiger partial charge in [-0.2, -0.15) is 5.10 Å². The minimum absolute atomic E-state index is 0.117. The smallest absolute Gasteiger partial charge is 0.322 e. The zero-order valence-electron chi connectivity index (χ0n) is 14.8. The van der Waals surface area contributed by atoms with Crippen LogP contribution in [0.4, 0.5) is 10.5 Å². The van der Waals surface area contributed by atoms with Gasteiger partial charge in [-0.1, -0.05) is 12.1 Å². The van der Waals surface area contributed by atoms with Crippen LogP contribution in [0.5, 0.6) is 0 Å². The highest BCUT2D eigenvalue weighted by atomic mass is 16.5. The molecule has 2 aromatic rings. The van der Waals surface area contributed by atoms with Crippen LogP contribution in [0.25, 0.3) is 5.69 Å². The molecule has 1 aliphatic rings. The number of anilines is 1. The zero-order chi connectivity index (χ0) is 18.0. The number of carbonyl (C=O) groups excluding carboxylic acids is 1. The van der Waals surface area contributed by atoms with E-state index >= 15 is 0 Å². The number of hydrogen-bond acceptors (Lipinski definition) is 4. The SMILES string of the molecule is Cc1ccc(C)c(-n2ncc(NC(=O)N3CCOC[C@@H]3CO)c2C)c1. The Hall–Kier alpha value is -2.38. The van der Waals surface area contributed by atoms with E-state index in [-0.39, 0.29) is 18.7 Å². The number of nitrogens with one attached hydrogen (secondary N) is 1. The molecule has 0 bridgehead atoms. The van der Waals surface area contributed by atoms with Crippen molar-refractivity contribution < 1.29 is 14.6 Å². The maximum Gasteiger partial charge on any atom is 0.322 e. The van der Waals surface area contributed by atoms with Gasteiger partial charge in [-0.25, -0.2) is 9.48 Å². The van der Waals surface area contributed by atoms with Crippen molar-refractivity contribution in [3.8, 4) is 5.69 Å². The molecule has 1 fully saturated rings. The Labute approximate surface area is 147 Å². The summed E-state index contributed by atoms with van der Waals surface area (Å²) in [6.07, 6.45) is 1.66. The quantitative estimate of drug-likeness (QED) is 0.893. The molecule has 0 radical (unpaired) electrons. The Morgan fingerprint density at radius 3 is 2.96 bits per heavy atom. The van der Waals surface area contributed by atoms with E-state index in [2.05, 4.69) is 28.6 Å². The lowest BCUT2D eigenvalue weighted by atomic mass is 10.1. The normalized spacial score (nSPS) is 17.6. The van der Waals surface area contributed by atoms with Crippen molar-refractivity contribution >= 4 is 11.7 Å². The van der Waals surface area contributed by atoms with Crippen molar-refractivity contribution in [1.82, 2.24) is 14.7 Å². The van der Waals surface area contributed by atoms with Crippen molar-refractivity contribution in [3.05, 3.63) is 41.2 Å². The van der Waals surface area contributed by atoms with E-state index in [9.17, 15) is 9.90 Å². The van der Waals surface area contributed by atoms with Gasteiger partial charge in [0, 0.05) is 6.54 Å². The fourth-order valence-corrected chi connectivity index (χ4v) is 2.98. The fraction of sp³-hybridized carbons (Fsp3) is 0.444. The number of urea groups is 1. The van der Waals surface area contributed by atoms with Crippen molar-refractivity contribution in [3.63, 3.8) is 0 Å². The summed E-state index contributed by atoms with van der Waals surface area (Å²) in [5, 5.41) is 16.8. The van der Waals surface area contributed by atoms with Gasteiger partial charge in [0.25, 0.3) is 0 Å². The second-order valence-corrected chi connectivity index (χ2v) is 6.38. The third-order valence-electron chi connectivity index (χ3n) is 4.54. The minimum atomic E-state index is -0.317.